The standard InChI is InChI=1S/C11H12ClNO2/c12-9-1-2-10-8(7-9)3-5-13(10)6-4-11(14)15/h1-2,7H,3-6H2,(H,14,15). The highest BCUT2D eigenvalue weighted by atomic mass is 35.5. The van der Waals surface area contributed by atoms with E-state index in [9.17, 15) is 4.79 Å². The fourth-order valence-electron chi connectivity index (χ4n) is 1.90. The van der Waals surface area contributed by atoms with Crippen molar-refractivity contribution in [3.8, 4) is 0 Å². The lowest BCUT2D eigenvalue weighted by Gasteiger charge is -2.17. The first-order chi connectivity index (χ1) is 7.16. The maximum atomic E-state index is 10.5. The molecule has 0 aromatic heterocycles. The van der Waals surface area contributed by atoms with Gasteiger partial charge in [-0.1, -0.05) is 11.6 Å². The Morgan fingerprint density at radius 2 is 2.33 bits per heavy atom. The molecule has 0 amide bonds. The van der Waals surface area contributed by atoms with Crippen molar-refractivity contribution in [3.05, 3.63) is 28.8 Å². The van der Waals surface area contributed by atoms with E-state index in [0.717, 1.165) is 23.7 Å². The van der Waals surface area contributed by atoms with E-state index in [1.165, 1.54) is 5.56 Å². The van der Waals surface area contributed by atoms with Crippen LogP contribution in [0.3, 0.4) is 0 Å². The Bertz CT molecular complexity index is 392. The number of halogens is 1. The third-order valence-corrected chi connectivity index (χ3v) is 2.86. The highest BCUT2D eigenvalue weighted by Gasteiger charge is 2.19. The van der Waals surface area contributed by atoms with Crippen molar-refractivity contribution in [2.45, 2.75) is 12.8 Å². The van der Waals surface area contributed by atoms with Gasteiger partial charge in [-0.2, -0.15) is 0 Å². The van der Waals surface area contributed by atoms with E-state index in [0.29, 0.717) is 6.54 Å². The fourth-order valence-corrected chi connectivity index (χ4v) is 2.10. The first-order valence-corrected chi connectivity index (χ1v) is 5.30. The summed E-state index contributed by atoms with van der Waals surface area (Å²) >= 11 is 5.89. The van der Waals surface area contributed by atoms with Gasteiger partial charge in [0.1, 0.15) is 0 Å². The van der Waals surface area contributed by atoms with E-state index >= 15 is 0 Å². The highest BCUT2D eigenvalue weighted by molar-refractivity contribution is 6.30. The number of hydrogen-bond donors (Lipinski definition) is 1. The summed E-state index contributed by atoms with van der Waals surface area (Å²) in [5.74, 6) is -0.752. The molecule has 1 heterocycles. The lowest BCUT2D eigenvalue weighted by molar-refractivity contribution is -0.136. The minimum absolute atomic E-state index is 0.183. The summed E-state index contributed by atoms with van der Waals surface area (Å²) in [6.45, 7) is 1.47. The van der Waals surface area contributed by atoms with E-state index in [1.54, 1.807) is 0 Å². The molecule has 0 bridgehead atoms. The lowest BCUT2D eigenvalue weighted by atomic mass is 10.2. The molecular formula is C11H12ClNO2. The van der Waals surface area contributed by atoms with Crippen LogP contribution in [0.5, 0.6) is 0 Å². The Morgan fingerprint density at radius 3 is 3.07 bits per heavy atom. The summed E-state index contributed by atoms with van der Waals surface area (Å²) in [5.41, 5.74) is 2.34. The first kappa shape index (κ1) is 10.3. The zero-order valence-corrected chi connectivity index (χ0v) is 9.00. The number of carboxylic acids is 1. The van der Waals surface area contributed by atoms with Gasteiger partial charge in [-0.3, -0.25) is 4.79 Å². The molecule has 15 heavy (non-hydrogen) atoms. The number of aliphatic carboxylic acids is 1. The number of carbonyl (C=O) groups is 1. The van der Waals surface area contributed by atoms with Gasteiger partial charge in [0, 0.05) is 23.8 Å². The second kappa shape index (κ2) is 4.11. The van der Waals surface area contributed by atoms with E-state index in [2.05, 4.69) is 4.90 Å². The van der Waals surface area contributed by atoms with Gasteiger partial charge >= 0.3 is 5.97 Å². The van der Waals surface area contributed by atoms with Crippen LogP contribution in [0.2, 0.25) is 5.02 Å². The smallest absolute Gasteiger partial charge is 0.305 e. The zero-order chi connectivity index (χ0) is 10.8. The molecule has 0 saturated carbocycles. The van der Waals surface area contributed by atoms with Crippen molar-refractivity contribution >= 4 is 23.3 Å². The number of anilines is 1. The molecular weight excluding hydrogens is 214 g/mol. The number of benzene rings is 1. The third kappa shape index (κ3) is 2.23. The normalized spacial score (nSPS) is 14.1. The maximum absolute atomic E-state index is 10.5. The first-order valence-electron chi connectivity index (χ1n) is 4.92. The Morgan fingerprint density at radius 1 is 1.53 bits per heavy atom. The molecule has 0 unspecified atom stereocenters. The third-order valence-electron chi connectivity index (χ3n) is 2.63. The SMILES string of the molecule is O=C(O)CCN1CCc2cc(Cl)ccc21. The number of rotatable bonds is 3. The minimum Gasteiger partial charge on any atom is -0.481 e. The maximum Gasteiger partial charge on any atom is 0.305 e. The molecule has 1 aliphatic rings. The van der Waals surface area contributed by atoms with Gasteiger partial charge in [-0.05, 0) is 30.2 Å². The van der Waals surface area contributed by atoms with Gasteiger partial charge in [-0.25, -0.2) is 0 Å². The average molecular weight is 226 g/mol. The molecule has 0 atom stereocenters. The van der Waals surface area contributed by atoms with E-state index in [1.807, 2.05) is 18.2 Å². The predicted octanol–water partition coefficient (Wildman–Crippen LogP) is 2.18. The summed E-state index contributed by atoms with van der Waals surface area (Å²) in [7, 11) is 0. The Labute approximate surface area is 93.3 Å². The number of fused-ring (bicyclic) bond motifs is 1. The Balaban J connectivity index is 2.11. The largest absolute Gasteiger partial charge is 0.481 e. The molecule has 0 aliphatic carbocycles. The summed E-state index contributed by atoms with van der Waals surface area (Å²) in [4.78, 5) is 12.6. The summed E-state index contributed by atoms with van der Waals surface area (Å²) < 4.78 is 0. The van der Waals surface area contributed by atoms with Crippen molar-refractivity contribution < 1.29 is 9.90 Å². The zero-order valence-electron chi connectivity index (χ0n) is 8.24. The topological polar surface area (TPSA) is 40.5 Å². The van der Waals surface area contributed by atoms with Gasteiger partial charge in [0.2, 0.25) is 0 Å². The molecule has 0 spiro atoms. The van der Waals surface area contributed by atoms with Gasteiger partial charge in [0.15, 0.2) is 0 Å². The molecule has 80 valence electrons. The van der Waals surface area contributed by atoms with Crippen LogP contribution in [0.15, 0.2) is 18.2 Å². The summed E-state index contributed by atoms with van der Waals surface area (Å²) in [6.07, 6.45) is 1.14. The second-order valence-electron chi connectivity index (χ2n) is 3.65. The van der Waals surface area contributed by atoms with Gasteiger partial charge in [-0.15, -0.1) is 0 Å². The minimum atomic E-state index is -0.752. The highest BCUT2D eigenvalue weighted by Crippen LogP contribution is 2.30. The fraction of sp³-hybridized carbons (Fsp3) is 0.364. The molecule has 2 rings (SSSR count). The van der Waals surface area contributed by atoms with Crippen LogP contribution >= 0.6 is 11.6 Å². The molecule has 0 fully saturated rings. The quantitative estimate of drug-likeness (QED) is 0.857. The number of carboxylic acid groups (broad SMARTS) is 1. The Kier molecular flexibility index (Phi) is 2.82. The van der Waals surface area contributed by atoms with Crippen LogP contribution in [-0.2, 0) is 11.2 Å². The monoisotopic (exact) mass is 225 g/mol. The van der Waals surface area contributed by atoms with E-state index in [4.69, 9.17) is 16.7 Å². The van der Waals surface area contributed by atoms with E-state index < -0.39 is 5.97 Å². The Hall–Kier alpha value is -1.22. The van der Waals surface area contributed by atoms with Gasteiger partial charge in [0.05, 0.1) is 6.42 Å². The van der Waals surface area contributed by atoms with Crippen molar-refractivity contribution in [1.82, 2.24) is 0 Å². The van der Waals surface area contributed by atoms with Crippen LogP contribution < -0.4 is 4.90 Å². The van der Waals surface area contributed by atoms with Crippen molar-refractivity contribution in [1.29, 1.82) is 0 Å². The number of hydrogen-bond acceptors (Lipinski definition) is 2. The molecule has 0 radical (unpaired) electrons. The molecule has 0 saturated heterocycles. The van der Waals surface area contributed by atoms with Crippen LogP contribution in [0.1, 0.15) is 12.0 Å². The van der Waals surface area contributed by atoms with Crippen LogP contribution in [0.25, 0.3) is 0 Å². The van der Waals surface area contributed by atoms with Gasteiger partial charge < -0.3 is 10.0 Å². The molecule has 4 heteroatoms. The van der Waals surface area contributed by atoms with Gasteiger partial charge in [0.25, 0.3) is 0 Å². The summed E-state index contributed by atoms with van der Waals surface area (Å²) in [6, 6.07) is 5.77. The molecule has 3 nitrogen and oxygen atoms in total. The van der Waals surface area contributed by atoms with Crippen LogP contribution in [0, 0.1) is 0 Å². The molecule has 1 N–H and O–H groups in total. The number of nitrogens with zero attached hydrogens (tertiary/aromatic N) is 1. The predicted molar refractivity (Wildman–Crippen MR) is 59.6 cm³/mol. The molecule has 1 aromatic carbocycles. The van der Waals surface area contributed by atoms with Crippen LogP contribution in [-0.4, -0.2) is 24.2 Å². The van der Waals surface area contributed by atoms with Crippen molar-refractivity contribution in [3.63, 3.8) is 0 Å². The van der Waals surface area contributed by atoms with E-state index in [-0.39, 0.29) is 6.42 Å². The second-order valence-corrected chi connectivity index (χ2v) is 4.09. The molecule has 1 aromatic rings. The van der Waals surface area contributed by atoms with Crippen LogP contribution in [0.4, 0.5) is 5.69 Å². The molecule has 1 aliphatic heterocycles. The van der Waals surface area contributed by atoms with Crippen molar-refractivity contribution in [2.24, 2.45) is 0 Å². The lowest BCUT2D eigenvalue weighted by Crippen LogP contribution is -2.23. The average Bonchev–Trinajstić information content (AvgIpc) is 2.57. The summed E-state index contributed by atoms with van der Waals surface area (Å²) in [5, 5.41) is 9.36. The van der Waals surface area contributed by atoms with Crippen molar-refractivity contribution in [2.75, 3.05) is 18.0 Å².